The average Bonchev–Trinajstić information content (AvgIpc) is 2.62. The Hall–Kier alpha value is -0.750. The fourth-order valence-corrected chi connectivity index (χ4v) is 2.48. The lowest BCUT2D eigenvalue weighted by Gasteiger charge is -2.28. The van der Waals surface area contributed by atoms with Crippen molar-refractivity contribution >= 4 is 21.6 Å². The van der Waals surface area contributed by atoms with Crippen molar-refractivity contribution in [2.45, 2.75) is 25.1 Å². The summed E-state index contributed by atoms with van der Waals surface area (Å²) in [5.74, 6) is 0. The SMILES string of the molecule is CC1(Nc2cc(Br)ccc2C(F)(F)F)CCNC1. The molecule has 2 N–H and O–H groups in total. The predicted molar refractivity (Wildman–Crippen MR) is 68.7 cm³/mol. The van der Waals surface area contributed by atoms with E-state index >= 15 is 0 Å². The van der Waals surface area contributed by atoms with Crippen molar-refractivity contribution < 1.29 is 13.2 Å². The third-order valence-electron chi connectivity index (χ3n) is 3.09. The largest absolute Gasteiger partial charge is 0.418 e. The van der Waals surface area contributed by atoms with Crippen LogP contribution in [0.5, 0.6) is 0 Å². The van der Waals surface area contributed by atoms with Crippen molar-refractivity contribution in [2.24, 2.45) is 0 Å². The fraction of sp³-hybridized carbons (Fsp3) is 0.500. The van der Waals surface area contributed by atoms with Crippen molar-refractivity contribution in [3.05, 3.63) is 28.2 Å². The minimum Gasteiger partial charge on any atom is -0.378 e. The van der Waals surface area contributed by atoms with Gasteiger partial charge in [-0.1, -0.05) is 15.9 Å². The molecule has 1 aliphatic heterocycles. The summed E-state index contributed by atoms with van der Waals surface area (Å²) in [7, 11) is 0. The van der Waals surface area contributed by atoms with Gasteiger partial charge >= 0.3 is 6.18 Å². The summed E-state index contributed by atoms with van der Waals surface area (Å²) in [5, 5.41) is 6.17. The zero-order valence-corrected chi connectivity index (χ0v) is 11.5. The van der Waals surface area contributed by atoms with Gasteiger partial charge in [-0.25, -0.2) is 0 Å². The highest BCUT2D eigenvalue weighted by Gasteiger charge is 2.36. The van der Waals surface area contributed by atoms with Gasteiger partial charge in [0, 0.05) is 22.2 Å². The Morgan fingerprint density at radius 2 is 2.11 bits per heavy atom. The van der Waals surface area contributed by atoms with Crippen LogP contribution in [0.4, 0.5) is 18.9 Å². The van der Waals surface area contributed by atoms with E-state index in [0.717, 1.165) is 19.0 Å². The highest BCUT2D eigenvalue weighted by molar-refractivity contribution is 9.10. The van der Waals surface area contributed by atoms with Gasteiger partial charge in [0.25, 0.3) is 0 Å². The summed E-state index contributed by atoms with van der Waals surface area (Å²) in [6.07, 6.45) is -3.54. The monoisotopic (exact) mass is 322 g/mol. The number of rotatable bonds is 2. The first kappa shape index (κ1) is 13.7. The summed E-state index contributed by atoms with van der Waals surface area (Å²) in [5.41, 5.74) is -0.831. The van der Waals surface area contributed by atoms with E-state index in [9.17, 15) is 13.2 Å². The summed E-state index contributed by atoms with van der Waals surface area (Å²) >= 11 is 3.21. The quantitative estimate of drug-likeness (QED) is 0.868. The van der Waals surface area contributed by atoms with Crippen LogP contribution in [0, 0.1) is 0 Å². The molecule has 0 aliphatic carbocycles. The number of benzene rings is 1. The molecule has 18 heavy (non-hydrogen) atoms. The van der Waals surface area contributed by atoms with Crippen molar-refractivity contribution in [3.8, 4) is 0 Å². The molecular formula is C12H14BrF3N2. The third-order valence-corrected chi connectivity index (χ3v) is 3.59. The van der Waals surface area contributed by atoms with E-state index < -0.39 is 11.7 Å². The Labute approximate surface area is 112 Å². The maximum Gasteiger partial charge on any atom is 0.418 e. The molecule has 1 aromatic carbocycles. The normalized spacial score (nSPS) is 24.3. The van der Waals surface area contributed by atoms with Crippen LogP contribution in [0.3, 0.4) is 0 Å². The first-order valence-electron chi connectivity index (χ1n) is 5.66. The first-order valence-corrected chi connectivity index (χ1v) is 6.45. The van der Waals surface area contributed by atoms with Crippen LogP contribution in [0.2, 0.25) is 0 Å². The number of halogens is 4. The summed E-state index contributed by atoms with van der Waals surface area (Å²) in [6, 6.07) is 3.98. The molecule has 1 fully saturated rings. The first-order chi connectivity index (χ1) is 8.30. The molecule has 1 aromatic rings. The Morgan fingerprint density at radius 3 is 2.67 bits per heavy atom. The molecule has 2 rings (SSSR count). The molecule has 0 amide bonds. The van der Waals surface area contributed by atoms with Crippen molar-refractivity contribution in [1.82, 2.24) is 5.32 Å². The number of anilines is 1. The minimum absolute atomic E-state index is 0.128. The van der Waals surface area contributed by atoms with Gasteiger partial charge < -0.3 is 10.6 Å². The minimum atomic E-state index is -4.34. The van der Waals surface area contributed by atoms with Crippen molar-refractivity contribution in [3.63, 3.8) is 0 Å². The van der Waals surface area contributed by atoms with Gasteiger partial charge in [-0.05, 0) is 38.1 Å². The van der Waals surface area contributed by atoms with E-state index in [4.69, 9.17) is 0 Å². The molecular weight excluding hydrogens is 309 g/mol. The third kappa shape index (κ3) is 2.98. The van der Waals surface area contributed by atoms with E-state index in [0.29, 0.717) is 11.0 Å². The summed E-state index contributed by atoms with van der Waals surface area (Å²) in [4.78, 5) is 0. The summed E-state index contributed by atoms with van der Waals surface area (Å²) in [6.45, 7) is 3.41. The highest BCUT2D eigenvalue weighted by atomic mass is 79.9. The molecule has 6 heteroatoms. The molecule has 0 saturated carbocycles. The fourth-order valence-electron chi connectivity index (χ4n) is 2.12. The average molecular weight is 323 g/mol. The maximum absolute atomic E-state index is 12.9. The standard InChI is InChI=1S/C12H14BrF3N2/c1-11(4-5-17-7-11)18-10-6-8(13)2-3-9(10)12(14,15)16/h2-3,6,17-18H,4-5,7H2,1H3. The number of alkyl halides is 3. The van der Waals surface area contributed by atoms with Gasteiger partial charge in [0.15, 0.2) is 0 Å². The van der Waals surface area contributed by atoms with Gasteiger partial charge in [0.05, 0.1) is 5.56 Å². The van der Waals surface area contributed by atoms with E-state index in [2.05, 4.69) is 26.6 Å². The van der Waals surface area contributed by atoms with Crippen LogP contribution in [-0.2, 0) is 6.18 Å². The van der Waals surface area contributed by atoms with E-state index in [1.807, 2.05) is 6.92 Å². The molecule has 1 unspecified atom stereocenters. The molecule has 1 heterocycles. The van der Waals surface area contributed by atoms with E-state index in [-0.39, 0.29) is 11.2 Å². The molecule has 1 atom stereocenters. The molecule has 1 aliphatic rings. The number of hydrogen-bond acceptors (Lipinski definition) is 2. The zero-order chi connectivity index (χ0) is 13.4. The van der Waals surface area contributed by atoms with Crippen LogP contribution < -0.4 is 10.6 Å². The Bertz CT molecular complexity index is 439. The predicted octanol–water partition coefficient (Wildman–Crippen LogP) is 3.63. The van der Waals surface area contributed by atoms with Gasteiger partial charge in [0.1, 0.15) is 0 Å². The zero-order valence-electron chi connectivity index (χ0n) is 9.87. The van der Waals surface area contributed by atoms with E-state index in [1.54, 1.807) is 0 Å². The molecule has 0 radical (unpaired) electrons. The van der Waals surface area contributed by atoms with Gasteiger partial charge in [0.2, 0.25) is 0 Å². The topological polar surface area (TPSA) is 24.1 Å². The lowest BCUT2D eigenvalue weighted by molar-refractivity contribution is -0.137. The van der Waals surface area contributed by atoms with Crippen LogP contribution in [0.25, 0.3) is 0 Å². The smallest absolute Gasteiger partial charge is 0.378 e. The second-order valence-electron chi connectivity index (χ2n) is 4.80. The molecule has 0 spiro atoms. The lowest BCUT2D eigenvalue weighted by Crippen LogP contribution is -2.37. The molecule has 100 valence electrons. The van der Waals surface area contributed by atoms with Gasteiger partial charge in [-0.3, -0.25) is 0 Å². The molecule has 0 bridgehead atoms. The van der Waals surface area contributed by atoms with Crippen LogP contribution in [0.1, 0.15) is 18.9 Å². The number of hydrogen-bond donors (Lipinski definition) is 2. The van der Waals surface area contributed by atoms with Gasteiger partial charge in [-0.15, -0.1) is 0 Å². The Morgan fingerprint density at radius 1 is 1.39 bits per heavy atom. The molecule has 1 saturated heterocycles. The molecule has 0 aromatic heterocycles. The van der Waals surface area contributed by atoms with Crippen molar-refractivity contribution in [2.75, 3.05) is 18.4 Å². The van der Waals surface area contributed by atoms with Crippen LogP contribution >= 0.6 is 15.9 Å². The molecule has 2 nitrogen and oxygen atoms in total. The van der Waals surface area contributed by atoms with Crippen LogP contribution in [-0.4, -0.2) is 18.6 Å². The second-order valence-corrected chi connectivity index (χ2v) is 5.72. The Kier molecular flexibility index (Phi) is 3.60. The maximum atomic E-state index is 12.9. The second kappa shape index (κ2) is 4.74. The lowest BCUT2D eigenvalue weighted by atomic mass is 10.00. The highest BCUT2D eigenvalue weighted by Crippen LogP contribution is 2.37. The Balaban J connectivity index is 2.33. The van der Waals surface area contributed by atoms with E-state index in [1.165, 1.54) is 12.1 Å². The summed E-state index contributed by atoms with van der Waals surface area (Å²) < 4.78 is 39.4. The number of nitrogens with one attached hydrogen (secondary N) is 2. The van der Waals surface area contributed by atoms with Crippen molar-refractivity contribution in [1.29, 1.82) is 0 Å². The van der Waals surface area contributed by atoms with Crippen LogP contribution in [0.15, 0.2) is 22.7 Å². The van der Waals surface area contributed by atoms with Gasteiger partial charge in [-0.2, -0.15) is 13.2 Å².